The SMILES string of the molecule is CC1CCC(NC(=O)c2cccc(NC(=O)C3CC3C)c2)(C(=O)O)CC1. The Morgan fingerprint density at radius 1 is 1.15 bits per heavy atom. The van der Waals surface area contributed by atoms with Gasteiger partial charge in [-0.25, -0.2) is 4.79 Å². The summed E-state index contributed by atoms with van der Waals surface area (Å²) in [6.45, 7) is 4.13. The van der Waals surface area contributed by atoms with Crippen LogP contribution in [0.1, 0.15) is 56.3 Å². The molecule has 2 atom stereocenters. The first-order chi connectivity index (χ1) is 12.3. The lowest BCUT2D eigenvalue weighted by Gasteiger charge is -2.36. The quantitative estimate of drug-likeness (QED) is 0.754. The van der Waals surface area contributed by atoms with Crippen LogP contribution < -0.4 is 10.6 Å². The first-order valence-corrected chi connectivity index (χ1v) is 9.27. The third kappa shape index (κ3) is 3.89. The molecule has 0 spiro atoms. The van der Waals surface area contributed by atoms with Crippen molar-refractivity contribution in [3.63, 3.8) is 0 Å². The Balaban J connectivity index is 1.70. The molecule has 3 rings (SSSR count). The summed E-state index contributed by atoms with van der Waals surface area (Å²) in [4.78, 5) is 36.5. The first-order valence-electron chi connectivity index (χ1n) is 9.27. The van der Waals surface area contributed by atoms with Crippen molar-refractivity contribution in [1.29, 1.82) is 0 Å². The Labute approximate surface area is 153 Å². The highest BCUT2D eigenvalue weighted by Gasteiger charge is 2.42. The van der Waals surface area contributed by atoms with E-state index in [2.05, 4.69) is 17.6 Å². The van der Waals surface area contributed by atoms with E-state index in [-0.39, 0.29) is 11.8 Å². The van der Waals surface area contributed by atoms with Crippen LogP contribution >= 0.6 is 0 Å². The van der Waals surface area contributed by atoms with Crippen LogP contribution in [0.3, 0.4) is 0 Å². The summed E-state index contributed by atoms with van der Waals surface area (Å²) in [5.41, 5.74) is -0.291. The number of anilines is 1. The van der Waals surface area contributed by atoms with E-state index in [1.165, 1.54) is 0 Å². The Bertz CT molecular complexity index is 722. The molecule has 1 aromatic carbocycles. The molecular formula is C20H26N2O4. The zero-order valence-electron chi connectivity index (χ0n) is 15.2. The van der Waals surface area contributed by atoms with Gasteiger partial charge in [0.2, 0.25) is 5.91 Å². The highest BCUT2D eigenvalue weighted by atomic mass is 16.4. The molecule has 140 valence electrons. The number of carboxylic acids is 1. The maximum Gasteiger partial charge on any atom is 0.329 e. The number of nitrogens with one attached hydrogen (secondary N) is 2. The van der Waals surface area contributed by atoms with Crippen LogP contribution in [0, 0.1) is 17.8 Å². The summed E-state index contributed by atoms with van der Waals surface area (Å²) in [5.74, 6) is -0.499. The second-order valence-electron chi connectivity index (χ2n) is 7.91. The topological polar surface area (TPSA) is 95.5 Å². The van der Waals surface area contributed by atoms with Gasteiger partial charge in [0.25, 0.3) is 5.91 Å². The number of amides is 2. The van der Waals surface area contributed by atoms with E-state index < -0.39 is 17.4 Å². The van der Waals surface area contributed by atoms with Gasteiger partial charge in [-0.3, -0.25) is 9.59 Å². The van der Waals surface area contributed by atoms with Crippen molar-refractivity contribution >= 4 is 23.5 Å². The molecule has 3 N–H and O–H groups in total. The van der Waals surface area contributed by atoms with Gasteiger partial charge in [-0.2, -0.15) is 0 Å². The fraction of sp³-hybridized carbons (Fsp3) is 0.550. The largest absolute Gasteiger partial charge is 0.480 e. The molecule has 1 aromatic rings. The van der Waals surface area contributed by atoms with E-state index in [1.54, 1.807) is 24.3 Å². The average molecular weight is 358 g/mol. The lowest BCUT2D eigenvalue weighted by molar-refractivity contribution is -0.146. The molecule has 0 aliphatic heterocycles. The zero-order chi connectivity index (χ0) is 18.9. The molecule has 6 nitrogen and oxygen atoms in total. The van der Waals surface area contributed by atoms with E-state index in [9.17, 15) is 19.5 Å². The van der Waals surface area contributed by atoms with Gasteiger partial charge >= 0.3 is 5.97 Å². The van der Waals surface area contributed by atoms with E-state index in [4.69, 9.17) is 0 Å². The van der Waals surface area contributed by atoms with Gasteiger partial charge in [0.15, 0.2) is 0 Å². The number of benzene rings is 1. The molecule has 0 bridgehead atoms. The van der Waals surface area contributed by atoms with Crippen molar-refractivity contribution in [2.45, 2.75) is 51.5 Å². The Hall–Kier alpha value is -2.37. The number of carbonyl (C=O) groups excluding carboxylic acids is 2. The van der Waals surface area contributed by atoms with Crippen molar-refractivity contribution in [2.75, 3.05) is 5.32 Å². The van der Waals surface area contributed by atoms with E-state index in [1.807, 2.05) is 6.92 Å². The summed E-state index contributed by atoms with van der Waals surface area (Å²) in [6.07, 6.45) is 3.33. The standard InChI is InChI=1S/C20H26N2O4/c1-12-6-8-20(9-7-12,19(25)26)22-17(23)14-4-3-5-15(11-14)21-18(24)16-10-13(16)2/h3-5,11-13,16H,6-10H2,1-2H3,(H,21,24)(H,22,23)(H,25,26). The molecule has 2 amide bonds. The van der Waals surface area contributed by atoms with E-state index in [0.717, 1.165) is 19.3 Å². The molecule has 0 aromatic heterocycles. The predicted octanol–water partition coefficient (Wildman–Crippen LogP) is 3.04. The van der Waals surface area contributed by atoms with Crippen LogP contribution in [0.2, 0.25) is 0 Å². The number of aliphatic carboxylic acids is 1. The van der Waals surface area contributed by atoms with Crippen LogP contribution in [-0.2, 0) is 9.59 Å². The smallest absolute Gasteiger partial charge is 0.329 e. The predicted molar refractivity (Wildman–Crippen MR) is 97.8 cm³/mol. The van der Waals surface area contributed by atoms with Gasteiger partial charge in [-0.15, -0.1) is 0 Å². The van der Waals surface area contributed by atoms with Crippen LogP contribution in [0.25, 0.3) is 0 Å². The normalized spacial score (nSPS) is 30.3. The molecule has 2 aliphatic carbocycles. The molecule has 2 saturated carbocycles. The van der Waals surface area contributed by atoms with Gasteiger partial charge in [-0.05, 0) is 62.1 Å². The maximum absolute atomic E-state index is 12.7. The van der Waals surface area contributed by atoms with Crippen molar-refractivity contribution in [3.8, 4) is 0 Å². The summed E-state index contributed by atoms with van der Waals surface area (Å²) in [6, 6.07) is 6.65. The Morgan fingerprint density at radius 2 is 1.81 bits per heavy atom. The fourth-order valence-electron chi connectivity index (χ4n) is 3.60. The summed E-state index contributed by atoms with van der Waals surface area (Å²) in [7, 11) is 0. The molecule has 0 radical (unpaired) electrons. The van der Waals surface area contributed by atoms with E-state index >= 15 is 0 Å². The minimum absolute atomic E-state index is 0.0293. The van der Waals surface area contributed by atoms with Gasteiger partial charge in [0, 0.05) is 17.2 Å². The molecule has 6 heteroatoms. The molecular weight excluding hydrogens is 332 g/mol. The monoisotopic (exact) mass is 358 g/mol. The number of rotatable bonds is 5. The fourth-order valence-corrected chi connectivity index (χ4v) is 3.60. The molecule has 2 unspecified atom stereocenters. The summed E-state index contributed by atoms with van der Waals surface area (Å²) < 4.78 is 0. The highest BCUT2D eigenvalue weighted by Crippen LogP contribution is 2.38. The van der Waals surface area contributed by atoms with Crippen molar-refractivity contribution in [2.24, 2.45) is 17.8 Å². The first kappa shape index (κ1) is 18.4. The average Bonchev–Trinajstić information content (AvgIpc) is 3.34. The third-order valence-corrected chi connectivity index (χ3v) is 5.73. The zero-order valence-corrected chi connectivity index (χ0v) is 15.2. The summed E-state index contributed by atoms with van der Waals surface area (Å²) >= 11 is 0. The Morgan fingerprint density at radius 3 is 2.38 bits per heavy atom. The van der Waals surface area contributed by atoms with Gasteiger partial charge in [0.05, 0.1) is 0 Å². The van der Waals surface area contributed by atoms with Crippen LogP contribution in [0.15, 0.2) is 24.3 Å². The molecule has 26 heavy (non-hydrogen) atoms. The van der Waals surface area contributed by atoms with Crippen molar-refractivity contribution in [1.82, 2.24) is 5.32 Å². The van der Waals surface area contributed by atoms with Crippen molar-refractivity contribution < 1.29 is 19.5 Å². The number of hydrogen-bond donors (Lipinski definition) is 3. The maximum atomic E-state index is 12.7. The molecule has 2 fully saturated rings. The number of carboxylic acid groups (broad SMARTS) is 1. The molecule has 0 saturated heterocycles. The second kappa shape index (κ2) is 7.09. The van der Waals surface area contributed by atoms with Gasteiger partial charge in [-0.1, -0.05) is 19.9 Å². The minimum atomic E-state index is -1.20. The lowest BCUT2D eigenvalue weighted by atomic mass is 9.77. The lowest BCUT2D eigenvalue weighted by Crippen LogP contribution is -2.56. The van der Waals surface area contributed by atoms with Crippen LogP contribution in [-0.4, -0.2) is 28.4 Å². The number of hydrogen-bond acceptors (Lipinski definition) is 3. The Kier molecular flexibility index (Phi) is 5.03. The van der Waals surface area contributed by atoms with Crippen LogP contribution in [0.4, 0.5) is 5.69 Å². The third-order valence-electron chi connectivity index (χ3n) is 5.73. The highest BCUT2D eigenvalue weighted by molar-refractivity contribution is 6.00. The van der Waals surface area contributed by atoms with Crippen LogP contribution in [0.5, 0.6) is 0 Å². The molecule has 2 aliphatic rings. The minimum Gasteiger partial charge on any atom is -0.480 e. The molecule has 0 heterocycles. The van der Waals surface area contributed by atoms with Crippen molar-refractivity contribution in [3.05, 3.63) is 29.8 Å². The number of carbonyl (C=O) groups is 3. The summed E-state index contributed by atoms with van der Waals surface area (Å²) in [5, 5.41) is 15.2. The second-order valence-corrected chi connectivity index (χ2v) is 7.91. The van der Waals surface area contributed by atoms with Gasteiger partial charge in [0.1, 0.15) is 5.54 Å². The van der Waals surface area contributed by atoms with Gasteiger partial charge < -0.3 is 15.7 Å². The van der Waals surface area contributed by atoms with E-state index in [0.29, 0.717) is 35.9 Å².